The molecule has 0 radical (unpaired) electrons. The van der Waals surface area contributed by atoms with Crippen molar-refractivity contribution >= 4 is 5.78 Å². The first-order chi connectivity index (χ1) is 11.6. The number of carbonyl (C=O) groups excluding carboxylic acids is 1. The molecule has 4 unspecified atom stereocenters. The topological polar surface area (TPSA) is 63.2 Å². The van der Waals surface area contributed by atoms with Crippen molar-refractivity contribution in [2.24, 2.45) is 22.7 Å². The molecule has 0 aromatic carbocycles. The molecule has 6 heteroatoms. The number of Topliss-reactive ketones (excluding diaryl/α,β-unsaturated/α-hetero) is 1. The first-order valence-corrected chi connectivity index (χ1v) is 9.34. The van der Waals surface area contributed by atoms with Crippen LogP contribution in [0, 0.1) is 22.7 Å². The van der Waals surface area contributed by atoms with Crippen molar-refractivity contribution in [1.29, 1.82) is 0 Å². The lowest BCUT2D eigenvalue weighted by molar-refractivity contribution is -0.448. The molecule has 6 fully saturated rings. The lowest BCUT2D eigenvalue weighted by Gasteiger charge is -2.45. The summed E-state index contributed by atoms with van der Waals surface area (Å²) in [6, 6.07) is 0. The molecule has 2 aliphatic heterocycles. The van der Waals surface area contributed by atoms with Crippen LogP contribution in [0.25, 0.3) is 0 Å². The number of ketones is 1. The number of ether oxygens (including phenoxy) is 3. The highest BCUT2D eigenvalue weighted by molar-refractivity contribution is 5.81. The molecule has 0 aromatic rings. The van der Waals surface area contributed by atoms with E-state index >= 15 is 0 Å². The van der Waals surface area contributed by atoms with Crippen LogP contribution in [-0.4, -0.2) is 43.8 Å². The van der Waals surface area contributed by atoms with Gasteiger partial charge in [-0.05, 0) is 41.9 Å². The molecule has 0 amide bonds. The predicted molar refractivity (Wildman–Crippen MR) is 79.5 cm³/mol. The molecule has 4 atom stereocenters. The summed E-state index contributed by atoms with van der Waals surface area (Å²) in [6.07, 6.45) is 6.73. The molecule has 6 aliphatic rings. The van der Waals surface area contributed by atoms with Crippen LogP contribution < -0.4 is 0 Å². The Morgan fingerprint density at radius 3 is 2.12 bits per heavy atom. The summed E-state index contributed by atoms with van der Waals surface area (Å²) >= 11 is 0. The van der Waals surface area contributed by atoms with Crippen molar-refractivity contribution in [3.05, 3.63) is 0 Å². The van der Waals surface area contributed by atoms with Gasteiger partial charge >= 0.3 is 0 Å². The van der Waals surface area contributed by atoms with Gasteiger partial charge in [0, 0.05) is 25.7 Å². The van der Waals surface area contributed by atoms with Crippen LogP contribution in [0.15, 0.2) is 0 Å². The molecule has 6 nitrogen and oxygen atoms in total. The molecular formula is C18H24O6. The van der Waals surface area contributed by atoms with Crippen molar-refractivity contribution in [3.8, 4) is 0 Å². The summed E-state index contributed by atoms with van der Waals surface area (Å²) < 4.78 is 17.7. The Kier molecular flexibility index (Phi) is 2.69. The van der Waals surface area contributed by atoms with E-state index < -0.39 is 11.6 Å². The Balaban J connectivity index is 1.15. The highest BCUT2D eigenvalue weighted by atomic mass is 17.2. The molecule has 4 saturated carbocycles. The normalized spacial score (nSPS) is 50.6. The second kappa shape index (κ2) is 4.41. The quantitative estimate of drug-likeness (QED) is 0.630. The van der Waals surface area contributed by atoms with Crippen LogP contribution in [0.4, 0.5) is 0 Å². The standard InChI is InChI=1S/C18H24O6/c19-14-9-21-17(22-10-14)1-3-18(4-2-17)20-7-12-5-15(12)11-16(15)6-13(16)8-23-24-18/h12-13H,1-11H2. The van der Waals surface area contributed by atoms with Crippen molar-refractivity contribution in [3.63, 3.8) is 0 Å². The molecule has 4 spiro atoms. The summed E-state index contributed by atoms with van der Waals surface area (Å²) in [6.45, 7) is 1.79. The Morgan fingerprint density at radius 1 is 0.792 bits per heavy atom. The molecule has 24 heavy (non-hydrogen) atoms. The van der Waals surface area contributed by atoms with Gasteiger partial charge in [-0.15, -0.1) is 0 Å². The predicted octanol–water partition coefficient (Wildman–Crippen LogP) is 1.96. The molecule has 4 aliphatic carbocycles. The van der Waals surface area contributed by atoms with E-state index in [1.165, 1.54) is 19.3 Å². The number of hydrogen-bond acceptors (Lipinski definition) is 6. The van der Waals surface area contributed by atoms with Crippen LogP contribution in [0.1, 0.15) is 44.9 Å². The largest absolute Gasteiger partial charge is 0.347 e. The monoisotopic (exact) mass is 336 g/mol. The summed E-state index contributed by atoms with van der Waals surface area (Å²) in [5.74, 6) is 0.115. The SMILES string of the molecule is O=C1COC2(CCC3(CC2)OCC2CC24CC42CC2COO3)OC1. The number of carbonyl (C=O) groups is 1. The van der Waals surface area contributed by atoms with E-state index in [0.717, 1.165) is 12.5 Å². The minimum atomic E-state index is -0.674. The minimum Gasteiger partial charge on any atom is -0.347 e. The van der Waals surface area contributed by atoms with Crippen molar-refractivity contribution < 1.29 is 28.8 Å². The van der Waals surface area contributed by atoms with Crippen LogP contribution in [0.2, 0.25) is 0 Å². The van der Waals surface area contributed by atoms with Crippen molar-refractivity contribution in [2.45, 2.75) is 56.5 Å². The average Bonchev–Trinajstić information content (AvgIpc) is 3.52. The van der Waals surface area contributed by atoms with Crippen LogP contribution >= 0.6 is 0 Å². The van der Waals surface area contributed by atoms with Crippen LogP contribution in [0.3, 0.4) is 0 Å². The summed E-state index contributed by atoms with van der Waals surface area (Å²) in [4.78, 5) is 22.8. The van der Waals surface area contributed by atoms with Gasteiger partial charge in [-0.3, -0.25) is 4.79 Å². The molecule has 2 heterocycles. The fraction of sp³-hybridized carbons (Fsp3) is 0.944. The lowest BCUT2D eigenvalue weighted by Crippen LogP contribution is -2.52. The molecule has 0 N–H and O–H groups in total. The maximum Gasteiger partial charge on any atom is 0.201 e. The fourth-order valence-electron chi connectivity index (χ4n) is 5.91. The zero-order chi connectivity index (χ0) is 16.0. The molecule has 0 bridgehead atoms. The van der Waals surface area contributed by atoms with Gasteiger partial charge in [0.05, 0.1) is 13.2 Å². The summed E-state index contributed by atoms with van der Waals surface area (Å²) in [5.41, 5.74) is 1.20. The van der Waals surface area contributed by atoms with E-state index in [0.29, 0.717) is 49.0 Å². The van der Waals surface area contributed by atoms with Gasteiger partial charge in [-0.25, -0.2) is 9.78 Å². The van der Waals surface area contributed by atoms with Gasteiger partial charge in [0.25, 0.3) is 0 Å². The van der Waals surface area contributed by atoms with Gasteiger partial charge in [0.2, 0.25) is 5.79 Å². The van der Waals surface area contributed by atoms with Crippen LogP contribution in [0.5, 0.6) is 0 Å². The first-order valence-electron chi connectivity index (χ1n) is 9.34. The smallest absolute Gasteiger partial charge is 0.201 e. The van der Waals surface area contributed by atoms with E-state index in [1.54, 1.807) is 0 Å². The lowest BCUT2D eigenvalue weighted by atomic mass is 9.88. The zero-order valence-corrected chi connectivity index (χ0v) is 13.9. The van der Waals surface area contributed by atoms with Crippen LogP contribution in [-0.2, 0) is 28.8 Å². The highest BCUT2D eigenvalue weighted by Crippen LogP contribution is 2.93. The van der Waals surface area contributed by atoms with E-state index in [-0.39, 0.29) is 19.0 Å². The van der Waals surface area contributed by atoms with E-state index in [1.807, 2.05) is 0 Å². The highest BCUT2D eigenvalue weighted by Gasteiger charge is 2.87. The number of hydrogen-bond donors (Lipinski definition) is 0. The Bertz CT molecular complexity index is 584. The molecular weight excluding hydrogens is 312 g/mol. The van der Waals surface area contributed by atoms with Gasteiger partial charge in [-0.1, -0.05) is 0 Å². The number of rotatable bonds is 0. The van der Waals surface area contributed by atoms with Crippen molar-refractivity contribution in [2.75, 3.05) is 26.4 Å². The second-order valence-corrected chi connectivity index (χ2v) is 8.91. The Labute approximate surface area is 141 Å². The zero-order valence-electron chi connectivity index (χ0n) is 13.9. The third kappa shape index (κ3) is 1.86. The summed E-state index contributed by atoms with van der Waals surface area (Å²) in [5, 5.41) is 0. The van der Waals surface area contributed by atoms with E-state index in [4.69, 9.17) is 24.0 Å². The third-order valence-electron chi connectivity index (χ3n) is 7.76. The maximum atomic E-state index is 11.3. The van der Waals surface area contributed by atoms with Gasteiger partial charge in [0.1, 0.15) is 13.2 Å². The molecule has 132 valence electrons. The third-order valence-corrected chi connectivity index (χ3v) is 7.76. The average molecular weight is 336 g/mol. The van der Waals surface area contributed by atoms with Gasteiger partial charge in [0.15, 0.2) is 11.6 Å². The van der Waals surface area contributed by atoms with E-state index in [2.05, 4.69) is 0 Å². The summed E-state index contributed by atoms with van der Waals surface area (Å²) in [7, 11) is 0. The molecule has 6 rings (SSSR count). The Hall–Kier alpha value is -0.530. The van der Waals surface area contributed by atoms with E-state index in [9.17, 15) is 4.79 Å². The second-order valence-electron chi connectivity index (χ2n) is 8.91. The maximum absolute atomic E-state index is 11.3. The van der Waals surface area contributed by atoms with Gasteiger partial charge in [-0.2, -0.15) is 0 Å². The Morgan fingerprint density at radius 2 is 1.42 bits per heavy atom. The molecule has 2 saturated heterocycles. The fourth-order valence-corrected chi connectivity index (χ4v) is 5.91. The van der Waals surface area contributed by atoms with Gasteiger partial charge < -0.3 is 14.2 Å². The minimum absolute atomic E-state index is 0.00631. The first kappa shape index (κ1) is 14.6. The molecule has 0 aromatic heterocycles. The van der Waals surface area contributed by atoms with Crippen molar-refractivity contribution in [1.82, 2.24) is 0 Å².